The summed E-state index contributed by atoms with van der Waals surface area (Å²) in [5.74, 6) is 1.24. The molecule has 0 aromatic heterocycles. The van der Waals surface area contributed by atoms with Gasteiger partial charge in [-0.1, -0.05) is 0 Å². The second-order valence-corrected chi connectivity index (χ2v) is 9.38. The van der Waals surface area contributed by atoms with E-state index in [2.05, 4.69) is 10.5 Å². The van der Waals surface area contributed by atoms with Crippen LogP contribution >= 0.6 is 0 Å². The Bertz CT molecular complexity index is 1330. The molecule has 196 valence electrons. The molecule has 1 amide bonds. The van der Waals surface area contributed by atoms with Gasteiger partial charge in [0.15, 0.2) is 11.5 Å². The van der Waals surface area contributed by atoms with Crippen molar-refractivity contribution in [2.24, 2.45) is 5.10 Å². The molecule has 0 aliphatic rings. The van der Waals surface area contributed by atoms with Crippen LogP contribution in [0.15, 0.2) is 76.7 Å². The van der Waals surface area contributed by atoms with E-state index in [9.17, 15) is 13.2 Å². The lowest BCUT2D eigenvalue weighted by atomic mass is 10.2. The third-order valence-corrected chi connectivity index (χ3v) is 6.95. The Morgan fingerprint density at radius 2 is 1.54 bits per heavy atom. The summed E-state index contributed by atoms with van der Waals surface area (Å²) in [6.07, 6.45) is 1.45. The molecule has 0 unspecified atom stereocenters. The first kappa shape index (κ1) is 27.3. The topological polar surface area (TPSA) is 116 Å². The summed E-state index contributed by atoms with van der Waals surface area (Å²) < 4.78 is 49.4. The van der Waals surface area contributed by atoms with E-state index in [1.165, 1.54) is 38.6 Å². The second-order valence-electron chi connectivity index (χ2n) is 7.52. The number of nitrogens with zero attached hydrogens (tertiary/aromatic N) is 2. The molecule has 0 atom stereocenters. The molecule has 0 fully saturated rings. The highest BCUT2D eigenvalue weighted by molar-refractivity contribution is 7.92. The van der Waals surface area contributed by atoms with Crippen molar-refractivity contribution in [2.75, 3.05) is 38.8 Å². The largest absolute Gasteiger partial charge is 0.497 e. The highest BCUT2D eigenvalue weighted by Gasteiger charge is 2.28. The fraction of sp³-hybridized carbons (Fsp3) is 0.231. The Morgan fingerprint density at radius 3 is 2.14 bits per heavy atom. The lowest BCUT2D eigenvalue weighted by Crippen LogP contribution is -2.39. The zero-order valence-electron chi connectivity index (χ0n) is 21.0. The first-order valence-electron chi connectivity index (χ1n) is 11.3. The van der Waals surface area contributed by atoms with Crippen molar-refractivity contribution in [3.63, 3.8) is 0 Å². The molecule has 0 heterocycles. The number of sulfonamides is 1. The third-order valence-electron chi connectivity index (χ3n) is 5.18. The number of ether oxygens (including phenoxy) is 4. The first-order valence-corrected chi connectivity index (χ1v) is 12.7. The monoisotopic (exact) mass is 527 g/mol. The van der Waals surface area contributed by atoms with E-state index in [-0.39, 0.29) is 16.3 Å². The average Bonchev–Trinajstić information content (AvgIpc) is 2.92. The molecular formula is C26H29N3O7S. The van der Waals surface area contributed by atoms with Crippen LogP contribution in [0.3, 0.4) is 0 Å². The lowest BCUT2D eigenvalue weighted by molar-refractivity contribution is -0.119. The van der Waals surface area contributed by atoms with Gasteiger partial charge < -0.3 is 18.9 Å². The van der Waals surface area contributed by atoms with Gasteiger partial charge >= 0.3 is 0 Å². The Kier molecular flexibility index (Phi) is 9.33. The van der Waals surface area contributed by atoms with Crippen LogP contribution in [0.1, 0.15) is 12.5 Å². The summed E-state index contributed by atoms with van der Waals surface area (Å²) >= 11 is 0. The molecule has 37 heavy (non-hydrogen) atoms. The van der Waals surface area contributed by atoms with Crippen molar-refractivity contribution in [1.82, 2.24) is 5.43 Å². The molecule has 3 rings (SSSR count). The van der Waals surface area contributed by atoms with Crippen molar-refractivity contribution in [3.8, 4) is 23.0 Å². The predicted octanol–water partition coefficient (Wildman–Crippen LogP) is 3.46. The number of nitrogens with one attached hydrogen (secondary N) is 1. The van der Waals surface area contributed by atoms with Crippen LogP contribution < -0.4 is 28.7 Å². The van der Waals surface area contributed by atoms with Crippen LogP contribution in [0.4, 0.5) is 5.69 Å². The van der Waals surface area contributed by atoms with Crippen LogP contribution in [0.2, 0.25) is 0 Å². The molecule has 0 bridgehead atoms. The van der Waals surface area contributed by atoms with Gasteiger partial charge in [-0.2, -0.15) is 5.10 Å². The number of hydrogen-bond acceptors (Lipinski definition) is 8. The lowest BCUT2D eigenvalue weighted by Gasteiger charge is -2.24. The molecule has 0 spiro atoms. The van der Waals surface area contributed by atoms with Gasteiger partial charge in [0.2, 0.25) is 0 Å². The molecule has 1 N–H and O–H groups in total. The Hall–Kier alpha value is -4.25. The standard InChI is InChI=1S/C26H29N3O7S/c1-5-36-22-12-8-20(9-13-22)29(37(31,32)23-14-15-24(34-3)25(16-23)35-4)18-26(30)28-27-17-19-6-10-21(33-2)11-7-19/h6-17H,5,18H2,1-4H3,(H,28,30)/b27-17-. The zero-order valence-corrected chi connectivity index (χ0v) is 21.8. The highest BCUT2D eigenvalue weighted by Crippen LogP contribution is 2.32. The van der Waals surface area contributed by atoms with E-state index in [4.69, 9.17) is 18.9 Å². The van der Waals surface area contributed by atoms with Gasteiger partial charge in [0.05, 0.1) is 44.7 Å². The van der Waals surface area contributed by atoms with Crippen molar-refractivity contribution < 1.29 is 32.2 Å². The minimum absolute atomic E-state index is 0.0754. The zero-order chi connectivity index (χ0) is 26.8. The minimum atomic E-state index is -4.19. The quantitative estimate of drug-likeness (QED) is 0.283. The number of anilines is 1. The van der Waals surface area contributed by atoms with E-state index in [0.717, 1.165) is 9.87 Å². The number of rotatable bonds is 12. The number of carbonyl (C=O) groups excluding carboxylic acids is 1. The molecule has 0 saturated heterocycles. The highest BCUT2D eigenvalue weighted by atomic mass is 32.2. The van der Waals surface area contributed by atoms with Gasteiger partial charge in [0.1, 0.15) is 18.0 Å². The van der Waals surface area contributed by atoms with Crippen molar-refractivity contribution >= 4 is 27.8 Å². The summed E-state index contributed by atoms with van der Waals surface area (Å²) in [4.78, 5) is 12.7. The Balaban J connectivity index is 1.88. The molecule has 3 aromatic carbocycles. The molecular weight excluding hydrogens is 498 g/mol. The molecule has 11 heteroatoms. The number of hydrazone groups is 1. The normalized spacial score (nSPS) is 11.1. The van der Waals surface area contributed by atoms with Gasteiger partial charge in [-0.05, 0) is 73.2 Å². The van der Waals surface area contributed by atoms with Crippen molar-refractivity contribution in [3.05, 3.63) is 72.3 Å². The summed E-state index contributed by atoms with van der Waals surface area (Å²) in [7, 11) is 0.241. The van der Waals surface area contributed by atoms with E-state index in [1.807, 2.05) is 6.92 Å². The fourth-order valence-electron chi connectivity index (χ4n) is 3.33. The molecule has 0 radical (unpaired) electrons. The van der Waals surface area contributed by atoms with Crippen molar-refractivity contribution in [1.29, 1.82) is 0 Å². The van der Waals surface area contributed by atoms with Crippen LogP contribution in [0.25, 0.3) is 0 Å². The summed E-state index contributed by atoms with van der Waals surface area (Å²) in [6.45, 7) is 1.78. The fourth-order valence-corrected chi connectivity index (χ4v) is 4.77. The van der Waals surface area contributed by atoms with Gasteiger partial charge in [-0.3, -0.25) is 9.10 Å². The molecule has 0 aliphatic carbocycles. The van der Waals surface area contributed by atoms with Gasteiger partial charge in [-0.25, -0.2) is 13.8 Å². The minimum Gasteiger partial charge on any atom is -0.497 e. The van der Waals surface area contributed by atoms with E-state index in [0.29, 0.717) is 23.9 Å². The maximum atomic E-state index is 13.7. The third kappa shape index (κ3) is 6.91. The van der Waals surface area contributed by atoms with Gasteiger partial charge in [-0.15, -0.1) is 0 Å². The number of benzene rings is 3. The number of methoxy groups -OCH3 is 3. The Morgan fingerprint density at radius 1 is 0.892 bits per heavy atom. The van der Waals surface area contributed by atoms with Crippen LogP contribution in [0.5, 0.6) is 23.0 Å². The molecule has 10 nitrogen and oxygen atoms in total. The van der Waals surface area contributed by atoms with Crippen LogP contribution in [0, 0.1) is 0 Å². The van der Waals surface area contributed by atoms with E-state index in [1.54, 1.807) is 55.6 Å². The number of hydrogen-bond donors (Lipinski definition) is 1. The van der Waals surface area contributed by atoms with E-state index >= 15 is 0 Å². The van der Waals surface area contributed by atoms with E-state index < -0.39 is 22.5 Å². The van der Waals surface area contributed by atoms with Gasteiger partial charge in [0, 0.05) is 6.07 Å². The SMILES string of the molecule is CCOc1ccc(N(CC(=O)N/N=C\c2ccc(OC)cc2)S(=O)(=O)c2ccc(OC)c(OC)c2)cc1. The van der Waals surface area contributed by atoms with Crippen molar-refractivity contribution in [2.45, 2.75) is 11.8 Å². The number of amides is 1. The Labute approximate surface area is 216 Å². The molecule has 0 aliphatic heterocycles. The van der Waals surface area contributed by atoms with Crippen LogP contribution in [-0.4, -0.2) is 55.0 Å². The summed E-state index contributed by atoms with van der Waals surface area (Å²) in [6, 6.07) is 17.7. The molecule has 0 saturated carbocycles. The summed E-state index contributed by atoms with van der Waals surface area (Å²) in [5, 5.41) is 3.94. The average molecular weight is 528 g/mol. The summed E-state index contributed by atoms with van der Waals surface area (Å²) in [5.41, 5.74) is 3.38. The maximum Gasteiger partial charge on any atom is 0.264 e. The second kappa shape index (κ2) is 12.6. The first-order chi connectivity index (χ1) is 17.8. The predicted molar refractivity (Wildman–Crippen MR) is 140 cm³/mol. The molecule has 3 aromatic rings. The smallest absolute Gasteiger partial charge is 0.264 e. The number of carbonyl (C=O) groups is 1. The van der Waals surface area contributed by atoms with Gasteiger partial charge in [0.25, 0.3) is 15.9 Å². The van der Waals surface area contributed by atoms with Crippen LogP contribution in [-0.2, 0) is 14.8 Å². The maximum absolute atomic E-state index is 13.7.